The van der Waals surface area contributed by atoms with Gasteiger partial charge in [0.25, 0.3) is 5.91 Å². The molecule has 2 aromatic rings. The Morgan fingerprint density at radius 3 is 2.36 bits per heavy atom. The number of aryl methyl sites for hydroxylation is 1. The van der Waals surface area contributed by atoms with Gasteiger partial charge in [0.05, 0.1) is 25.0 Å². The molecule has 0 unspecified atom stereocenters. The quantitative estimate of drug-likeness (QED) is 0.656. The molecule has 5 nitrogen and oxygen atoms in total. The van der Waals surface area contributed by atoms with Gasteiger partial charge in [0.1, 0.15) is 4.34 Å². The van der Waals surface area contributed by atoms with Crippen molar-refractivity contribution >= 4 is 29.0 Å². The van der Waals surface area contributed by atoms with E-state index >= 15 is 0 Å². The van der Waals surface area contributed by atoms with E-state index in [0.29, 0.717) is 18.7 Å². The second-order valence-electron chi connectivity index (χ2n) is 5.35. The number of nitrogens with zero attached hydrogens (tertiary/aromatic N) is 4. The summed E-state index contributed by atoms with van der Waals surface area (Å²) in [6.07, 6.45) is 0.526. The predicted octanol–water partition coefficient (Wildman–Crippen LogP) is 4.01. The van der Waals surface area contributed by atoms with Crippen LogP contribution in [-0.2, 0) is 5.75 Å². The predicted molar refractivity (Wildman–Crippen MR) is 99.2 cm³/mol. The number of rotatable bonds is 8. The van der Waals surface area contributed by atoms with Crippen molar-refractivity contribution in [3.05, 3.63) is 46.5 Å². The Morgan fingerprint density at radius 2 is 1.84 bits per heavy atom. The molecule has 7 heteroatoms. The molecule has 0 atom stereocenters. The van der Waals surface area contributed by atoms with Gasteiger partial charge in [-0.25, -0.2) is 4.98 Å². The first-order valence-corrected chi connectivity index (χ1v) is 9.67. The number of nitriles is 2. The van der Waals surface area contributed by atoms with Crippen LogP contribution in [0.25, 0.3) is 0 Å². The molecular weight excluding hydrogens is 352 g/mol. The number of hydrogen-bond donors (Lipinski definition) is 0. The smallest absolute Gasteiger partial charge is 0.253 e. The zero-order chi connectivity index (χ0) is 18.1. The number of thioether (sulfide) groups is 1. The number of aromatic nitrogens is 1. The van der Waals surface area contributed by atoms with Crippen LogP contribution in [0.1, 0.15) is 34.5 Å². The van der Waals surface area contributed by atoms with Crippen LogP contribution in [0.15, 0.2) is 34.0 Å². The van der Waals surface area contributed by atoms with Crippen LogP contribution in [0, 0.1) is 29.6 Å². The Hall–Kier alpha value is -2.35. The van der Waals surface area contributed by atoms with Gasteiger partial charge in [0.15, 0.2) is 0 Å². The van der Waals surface area contributed by atoms with Crippen LogP contribution < -0.4 is 0 Å². The van der Waals surface area contributed by atoms with Gasteiger partial charge >= 0.3 is 0 Å². The minimum Gasteiger partial charge on any atom is -0.337 e. The van der Waals surface area contributed by atoms with E-state index in [9.17, 15) is 4.79 Å². The lowest BCUT2D eigenvalue weighted by molar-refractivity contribution is 0.0762. The van der Waals surface area contributed by atoms with E-state index in [1.807, 2.05) is 36.6 Å². The summed E-state index contributed by atoms with van der Waals surface area (Å²) >= 11 is 3.31. The summed E-state index contributed by atoms with van der Waals surface area (Å²) in [6, 6.07) is 11.6. The van der Waals surface area contributed by atoms with Crippen molar-refractivity contribution in [1.29, 1.82) is 10.5 Å². The van der Waals surface area contributed by atoms with Crippen molar-refractivity contribution < 1.29 is 4.79 Å². The average Bonchev–Trinajstić information content (AvgIpc) is 3.05. The van der Waals surface area contributed by atoms with Crippen molar-refractivity contribution in [1.82, 2.24) is 9.88 Å². The third kappa shape index (κ3) is 5.90. The van der Waals surface area contributed by atoms with Crippen molar-refractivity contribution in [3.8, 4) is 12.1 Å². The molecular formula is C18H18N4OS2. The molecule has 1 aromatic heterocycles. The highest BCUT2D eigenvalue weighted by molar-refractivity contribution is 8.00. The lowest BCUT2D eigenvalue weighted by atomic mass is 10.1. The summed E-state index contributed by atoms with van der Waals surface area (Å²) in [4.78, 5) is 18.5. The van der Waals surface area contributed by atoms with E-state index in [1.165, 1.54) is 0 Å². The molecule has 2 rings (SSSR count). The maximum atomic E-state index is 12.5. The lowest BCUT2D eigenvalue weighted by Gasteiger charge is -2.20. The summed E-state index contributed by atoms with van der Waals surface area (Å²) in [7, 11) is 0. The normalized spacial score (nSPS) is 10.0. The SMILES string of the molecule is Cc1csc(SCc2ccc(C(=O)N(CCC#N)CCC#N)cc2)n1. The van der Waals surface area contributed by atoms with E-state index < -0.39 is 0 Å². The molecule has 1 amide bonds. The lowest BCUT2D eigenvalue weighted by Crippen LogP contribution is -2.32. The Bertz CT molecular complexity index is 769. The average molecular weight is 371 g/mol. The molecule has 0 aliphatic heterocycles. The Morgan fingerprint density at radius 1 is 1.20 bits per heavy atom. The van der Waals surface area contributed by atoms with Crippen molar-refractivity contribution in [3.63, 3.8) is 0 Å². The van der Waals surface area contributed by atoms with E-state index in [2.05, 4.69) is 4.98 Å². The topological polar surface area (TPSA) is 80.8 Å². The molecule has 128 valence electrons. The zero-order valence-electron chi connectivity index (χ0n) is 13.9. The van der Waals surface area contributed by atoms with E-state index in [-0.39, 0.29) is 18.7 Å². The zero-order valence-corrected chi connectivity index (χ0v) is 15.6. The fraction of sp³-hybridized carbons (Fsp3) is 0.333. The van der Waals surface area contributed by atoms with Crippen LogP contribution in [0.5, 0.6) is 0 Å². The summed E-state index contributed by atoms with van der Waals surface area (Å²) < 4.78 is 1.04. The molecule has 0 bridgehead atoms. The fourth-order valence-corrected chi connectivity index (χ4v) is 3.96. The van der Waals surface area contributed by atoms with Gasteiger partial charge in [-0.15, -0.1) is 11.3 Å². The van der Waals surface area contributed by atoms with Crippen LogP contribution in [0.2, 0.25) is 0 Å². The highest BCUT2D eigenvalue weighted by atomic mass is 32.2. The molecule has 0 fully saturated rings. The summed E-state index contributed by atoms with van der Waals surface area (Å²) in [6.45, 7) is 2.67. The van der Waals surface area contributed by atoms with Gasteiger partial charge in [-0.1, -0.05) is 23.9 Å². The monoisotopic (exact) mass is 370 g/mol. The van der Waals surface area contributed by atoms with Gasteiger partial charge in [-0.2, -0.15) is 10.5 Å². The second kappa shape index (κ2) is 9.83. The van der Waals surface area contributed by atoms with Crippen LogP contribution >= 0.6 is 23.1 Å². The third-order valence-electron chi connectivity index (χ3n) is 3.44. The van der Waals surface area contributed by atoms with Gasteiger partial charge in [-0.05, 0) is 24.6 Å². The minimum atomic E-state index is -0.139. The maximum absolute atomic E-state index is 12.5. The first kappa shape index (κ1) is 19.0. The van der Waals surface area contributed by atoms with Crippen molar-refractivity contribution in [2.75, 3.05) is 13.1 Å². The van der Waals surface area contributed by atoms with Crippen LogP contribution in [-0.4, -0.2) is 28.9 Å². The molecule has 0 saturated heterocycles. The number of carbonyl (C=O) groups excluding carboxylic acids is 1. The third-order valence-corrected chi connectivity index (χ3v) is 5.65. The molecule has 0 radical (unpaired) electrons. The number of amides is 1. The number of hydrogen-bond acceptors (Lipinski definition) is 6. The Labute approximate surface area is 155 Å². The second-order valence-corrected chi connectivity index (χ2v) is 7.43. The van der Waals surface area contributed by atoms with Gasteiger partial charge in [0.2, 0.25) is 0 Å². The highest BCUT2D eigenvalue weighted by Crippen LogP contribution is 2.26. The summed E-state index contributed by atoms with van der Waals surface area (Å²) in [5, 5.41) is 19.5. The molecule has 0 aliphatic carbocycles. The largest absolute Gasteiger partial charge is 0.337 e. The minimum absolute atomic E-state index is 0.139. The van der Waals surface area contributed by atoms with Crippen molar-refractivity contribution in [2.45, 2.75) is 29.9 Å². The van der Waals surface area contributed by atoms with Gasteiger partial charge in [-0.3, -0.25) is 4.79 Å². The molecule has 0 aliphatic rings. The molecule has 0 N–H and O–H groups in total. The molecule has 25 heavy (non-hydrogen) atoms. The molecule has 1 heterocycles. The molecule has 1 aromatic carbocycles. The number of benzene rings is 1. The van der Waals surface area contributed by atoms with Gasteiger partial charge in [0, 0.05) is 35.5 Å². The number of carbonyl (C=O) groups is 1. The summed E-state index contributed by atoms with van der Waals surface area (Å²) in [5.74, 6) is 0.661. The maximum Gasteiger partial charge on any atom is 0.253 e. The Kier molecular flexibility index (Phi) is 7.46. The van der Waals surface area contributed by atoms with E-state index in [4.69, 9.17) is 10.5 Å². The standard InChI is InChI=1S/C18H18N4OS2/c1-14-12-24-18(21-14)25-13-15-4-6-16(7-5-15)17(23)22(10-2-8-19)11-3-9-20/h4-7,12H,2-3,10-11,13H2,1H3. The molecule has 0 spiro atoms. The fourth-order valence-electron chi connectivity index (χ4n) is 2.15. The van der Waals surface area contributed by atoms with Crippen LogP contribution in [0.3, 0.4) is 0 Å². The van der Waals surface area contributed by atoms with Crippen molar-refractivity contribution in [2.24, 2.45) is 0 Å². The summed E-state index contributed by atoms with van der Waals surface area (Å²) in [5.41, 5.74) is 2.73. The van der Waals surface area contributed by atoms with Gasteiger partial charge < -0.3 is 4.90 Å². The van der Waals surface area contributed by atoms with E-state index in [0.717, 1.165) is 21.3 Å². The molecule has 0 saturated carbocycles. The first-order chi connectivity index (χ1) is 12.1. The first-order valence-electron chi connectivity index (χ1n) is 7.81. The number of thiazole rings is 1. The highest BCUT2D eigenvalue weighted by Gasteiger charge is 2.15. The van der Waals surface area contributed by atoms with Crippen LogP contribution in [0.4, 0.5) is 0 Å². The van der Waals surface area contributed by atoms with E-state index in [1.54, 1.807) is 40.1 Å². The Balaban J connectivity index is 1.97.